The summed E-state index contributed by atoms with van der Waals surface area (Å²) >= 11 is 0. The van der Waals surface area contributed by atoms with Gasteiger partial charge in [0.25, 0.3) is 0 Å². The van der Waals surface area contributed by atoms with Gasteiger partial charge in [0.1, 0.15) is 5.82 Å². The van der Waals surface area contributed by atoms with Gasteiger partial charge in [0.15, 0.2) is 0 Å². The maximum absolute atomic E-state index is 13.6. The number of benzene rings is 2. The van der Waals surface area contributed by atoms with E-state index in [2.05, 4.69) is 10.1 Å². The van der Waals surface area contributed by atoms with Crippen LogP contribution in [0, 0.1) is 5.82 Å². The summed E-state index contributed by atoms with van der Waals surface area (Å²) < 4.78 is 52.4. The molecule has 0 aliphatic rings. The smallest absolute Gasteiger partial charge is 0.323 e. The molecule has 0 spiro atoms. The van der Waals surface area contributed by atoms with Crippen molar-refractivity contribution in [2.75, 3.05) is 0 Å². The van der Waals surface area contributed by atoms with Gasteiger partial charge in [0.05, 0.1) is 16.8 Å². The Balaban J connectivity index is 2.03. The van der Waals surface area contributed by atoms with Gasteiger partial charge < -0.3 is 5.84 Å². The van der Waals surface area contributed by atoms with E-state index in [9.17, 15) is 17.6 Å². The lowest BCUT2D eigenvalue weighted by Crippen LogP contribution is -2.12. The topological polar surface area (TPSA) is 51.3 Å². The van der Waals surface area contributed by atoms with Crippen LogP contribution in [-0.4, -0.2) is 10.7 Å². The van der Waals surface area contributed by atoms with Crippen LogP contribution in [0.4, 0.5) is 17.6 Å². The quantitative estimate of drug-likeness (QED) is 0.332. The highest BCUT2D eigenvalue weighted by atomic mass is 19.4. The number of halogens is 4. The van der Waals surface area contributed by atoms with E-state index in [1.807, 2.05) is 24.3 Å². The molecular formula is C18H13F4N3. The first-order valence-electron chi connectivity index (χ1n) is 7.36. The Bertz CT molecular complexity index is 943. The van der Waals surface area contributed by atoms with E-state index in [1.165, 1.54) is 0 Å². The third-order valence-electron chi connectivity index (χ3n) is 3.81. The number of alkyl halides is 3. The number of rotatable bonds is 3. The van der Waals surface area contributed by atoms with E-state index in [-0.39, 0.29) is 17.7 Å². The second-order valence-electron chi connectivity index (χ2n) is 5.47. The molecule has 25 heavy (non-hydrogen) atoms. The molecule has 2 aromatic carbocycles. The van der Waals surface area contributed by atoms with Crippen molar-refractivity contribution >= 4 is 16.6 Å². The van der Waals surface area contributed by atoms with Crippen LogP contribution < -0.4 is 5.84 Å². The predicted octanol–water partition coefficient (Wildman–Crippen LogP) is 4.30. The first-order valence-corrected chi connectivity index (χ1v) is 7.36. The molecule has 0 saturated heterocycles. The zero-order valence-electron chi connectivity index (χ0n) is 12.9. The molecule has 0 saturated carbocycles. The van der Waals surface area contributed by atoms with E-state index >= 15 is 0 Å². The summed E-state index contributed by atoms with van der Waals surface area (Å²) in [5.74, 6) is 4.38. The van der Waals surface area contributed by atoms with Crippen molar-refractivity contribution in [3.63, 3.8) is 0 Å². The monoisotopic (exact) mass is 347 g/mol. The van der Waals surface area contributed by atoms with Gasteiger partial charge in [-0.2, -0.15) is 18.3 Å². The number of nitrogens with two attached hydrogens (primary N) is 1. The van der Waals surface area contributed by atoms with E-state index in [0.29, 0.717) is 6.07 Å². The summed E-state index contributed by atoms with van der Waals surface area (Å²) in [6.07, 6.45) is -2.90. The van der Waals surface area contributed by atoms with Gasteiger partial charge >= 0.3 is 6.18 Å². The largest absolute Gasteiger partial charge is 0.416 e. The average Bonchev–Trinajstić information content (AvgIpc) is 2.58. The summed E-state index contributed by atoms with van der Waals surface area (Å²) in [4.78, 5) is 4.23. The predicted molar refractivity (Wildman–Crippen MR) is 87.6 cm³/mol. The number of aromatic nitrogens is 1. The Labute approximate surface area is 140 Å². The molecule has 3 rings (SSSR count). The molecular weight excluding hydrogens is 334 g/mol. The fourth-order valence-electron chi connectivity index (χ4n) is 2.63. The highest BCUT2D eigenvalue weighted by Gasteiger charge is 2.31. The van der Waals surface area contributed by atoms with Gasteiger partial charge in [-0.3, -0.25) is 4.98 Å². The first kappa shape index (κ1) is 16.9. The lowest BCUT2D eigenvalue weighted by Gasteiger charge is -2.12. The molecule has 2 N–H and O–H groups in total. The summed E-state index contributed by atoms with van der Waals surface area (Å²) in [5.41, 5.74) is 0.597. The lowest BCUT2D eigenvalue weighted by molar-refractivity contribution is -0.137. The van der Waals surface area contributed by atoms with Crippen molar-refractivity contribution < 1.29 is 17.6 Å². The van der Waals surface area contributed by atoms with Gasteiger partial charge in [-0.15, -0.1) is 0 Å². The molecule has 128 valence electrons. The third-order valence-corrected chi connectivity index (χ3v) is 3.81. The van der Waals surface area contributed by atoms with Crippen molar-refractivity contribution in [1.29, 1.82) is 0 Å². The Morgan fingerprint density at radius 1 is 1.08 bits per heavy atom. The Morgan fingerprint density at radius 3 is 2.56 bits per heavy atom. The molecule has 0 bridgehead atoms. The van der Waals surface area contributed by atoms with Gasteiger partial charge in [-0.1, -0.05) is 18.2 Å². The van der Waals surface area contributed by atoms with Crippen LogP contribution in [0.1, 0.15) is 16.7 Å². The molecule has 3 nitrogen and oxygen atoms in total. The third kappa shape index (κ3) is 3.60. The molecule has 0 atom stereocenters. The number of para-hydroxylation sites is 1. The number of hydrogen-bond acceptors (Lipinski definition) is 3. The summed E-state index contributed by atoms with van der Waals surface area (Å²) in [7, 11) is 0. The fraction of sp³-hybridized carbons (Fsp3) is 0.111. The highest BCUT2D eigenvalue weighted by molar-refractivity contribution is 6.03. The zero-order valence-corrected chi connectivity index (χ0v) is 12.9. The second-order valence-corrected chi connectivity index (χ2v) is 5.47. The van der Waals surface area contributed by atoms with Crippen LogP contribution in [-0.2, 0) is 12.6 Å². The second kappa shape index (κ2) is 6.51. The van der Waals surface area contributed by atoms with Crippen molar-refractivity contribution in [3.05, 3.63) is 77.2 Å². The number of fused-ring (bicyclic) bond motifs is 1. The van der Waals surface area contributed by atoms with E-state index in [4.69, 9.17) is 5.84 Å². The van der Waals surface area contributed by atoms with E-state index in [0.717, 1.165) is 28.6 Å². The van der Waals surface area contributed by atoms with Crippen LogP contribution in [0.5, 0.6) is 0 Å². The molecule has 3 aromatic rings. The summed E-state index contributed by atoms with van der Waals surface area (Å²) in [6.45, 7) is 0. The minimum absolute atomic E-state index is 0.00396. The van der Waals surface area contributed by atoms with Crippen LogP contribution >= 0.6 is 0 Å². The molecule has 0 unspecified atom stereocenters. The fourth-order valence-corrected chi connectivity index (χ4v) is 2.63. The zero-order chi connectivity index (χ0) is 18.0. The SMILES string of the molecule is NN=C(Cc1ccnc2ccccc12)c1cc(F)cc(C(F)(F)F)c1. The van der Waals surface area contributed by atoms with Crippen molar-refractivity contribution in [3.8, 4) is 0 Å². The number of hydrogen-bond donors (Lipinski definition) is 1. The molecule has 1 heterocycles. The molecule has 7 heteroatoms. The van der Waals surface area contributed by atoms with Crippen molar-refractivity contribution in [2.24, 2.45) is 10.9 Å². The maximum atomic E-state index is 13.6. The molecule has 0 aliphatic carbocycles. The standard InChI is InChI=1S/C18H13F4N3/c19-14-8-12(7-13(10-14)18(20,21)22)17(25-23)9-11-5-6-24-16-4-2-1-3-15(11)16/h1-8,10H,9,23H2. The van der Waals surface area contributed by atoms with Gasteiger partial charge in [0.2, 0.25) is 0 Å². The minimum atomic E-state index is -4.65. The first-order chi connectivity index (χ1) is 11.9. The van der Waals surface area contributed by atoms with Gasteiger partial charge in [0, 0.05) is 23.6 Å². The lowest BCUT2D eigenvalue weighted by atomic mass is 9.98. The Hall–Kier alpha value is -2.96. The number of pyridine rings is 1. The molecule has 0 radical (unpaired) electrons. The average molecular weight is 347 g/mol. The van der Waals surface area contributed by atoms with Crippen LogP contribution in [0.25, 0.3) is 10.9 Å². The van der Waals surface area contributed by atoms with E-state index in [1.54, 1.807) is 12.3 Å². The Morgan fingerprint density at radius 2 is 1.84 bits per heavy atom. The molecule has 0 aliphatic heterocycles. The number of nitrogens with zero attached hydrogens (tertiary/aromatic N) is 2. The summed E-state index contributed by atoms with van der Waals surface area (Å²) in [5, 5.41) is 4.42. The van der Waals surface area contributed by atoms with Gasteiger partial charge in [-0.05, 0) is 35.9 Å². The Kier molecular flexibility index (Phi) is 4.39. The summed E-state index contributed by atoms with van der Waals surface area (Å²) in [6, 6.07) is 11.3. The van der Waals surface area contributed by atoms with Crippen LogP contribution in [0.2, 0.25) is 0 Å². The molecule has 0 fully saturated rings. The van der Waals surface area contributed by atoms with E-state index < -0.39 is 17.6 Å². The van der Waals surface area contributed by atoms with Crippen molar-refractivity contribution in [2.45, 2.75) is 12.6 Å². The van der Waals surface area contributed by atoms with Crippen LogP contribution in [0.15, 0.2) is 59.8 Å². The normalized spacial score (nSPS) is 12.6. The highest BCUT2D eigenvalue weighted by Crippen LogP contribution is 2.31. The van der Waals surface area contributed by atoms with Gasteiger partial charge in [-0.25, -0.2) is 4.39 Å². The van der Waals surface area contributed by atoms with Crippen molar-refractivity contribution in [1.82, 2.24) is 4.98 Å². The minimum Gasteiger partial charge on any atom is -0.323 e. The molecule has 1 aromatic heterocycles. The molecule has 0 amide bonds. The van der Waals surface area contributed by atoms with Crippen LogP contribution in [0.3, 0.4) is 0 Å². The maximum Gasteiger partial charge on any atom is 0.416 e. The number of hydrazone groups is 1.